The summed E-state index contributed by atoms with van der Waals surface area (Å²) in [5, 5.41) is 0. The van der Waals surface area contributed by atoms with E-state index in [0.29, 0.717) is 18.2 Å². The molecule has 1 aromatic carbocycles. The quantitative estimate of drug-likeness (QED) is 0.633. The highest BCUT2D eigenvalue weighted by Gasteiger charge is 2.34. The summed E-state index contributed by atoms with van der Waals surface area (Å²) in [6, 6.07) is 6.01. The summed E-state index contributed by atoms with van der Waals surface area (Å²) < 4.78 is 12.8. The van der Waals surface area contributed by atoms with E-state index < -0.39 is 0 Å². The Morgan fingerprint density at radius 3 is 2.59 bits per heavy atom. The first-order valence-electron chi connectivity index (χ1n) is 9.98. The van der Waals surface area contributed by atoms with Crippen molar-refractivity contribution in [2.75, 3.05) is 20.8 Å². The van der Waals surface area contributed by atoms with Gasteiger partial charge in [-0.1, -0.05) is 0 Å². The van der Waals surface area contributed by atoms with Crippen LogP contribution in [0, 0.1) is 26.7 Å². The van der Waals surface area contributed by atoms with Gasteiger partial charge < -0.3 is 9.47 Å². The molecular weight excluding hydrogens is 366 g/mol. The maximum absolute atomic E-state index is 13.1. The van der Waals surface area contributed by atoms with E-state index in [-0.39, 0.29) is 11.6 Å². The van der Waals surface area contributed by atoms with Gasteiger partial charge in [-0.25, -0.2) is 4.98 Å². The monoisotopic (exact) mass is 393 g/mol. The maximum Gasteiger partial charge on any atom is 0.272 e. The third kappa shape index (κ3) is 3.42. The van der Waals surface area contributed by atoms with Gasteiger partial charge in [-0.2, -0.15) is 0 Å². The zero-order valence-corrected chi connectivity index (χ0v) is 17.7. The minimum absolute atomic E-state index is 0.0191. The van der Waals surface area contributed by atoms with E-state index in [0.717, 1.165) is 52.0 Å². The zero-order chi connectivity index (χ0) is 20.7. The summed E-state index contributed by atoms with van der Waals surface area (Å²) in [6.45, 7) is 6.35. The maximum atomic E-state index is 13.1. The first-order valence-corrected chi connectivity index (χ1v) is 9.98. The first kappa shape index (κ1) is 19.6. The van der Waals surface area contributed by atoms with Crippen molar-refractivity contribution in [3.05, 3.63) is 51.6 Å². The number of nitrogens with zero attached hydrogens (tertiary/aromatic N) is 3. The van der Waals surface area contributed by atoms with E-state index in [1.165, 1.54) is 0 Å². The molecule has 4 rings (SSSR count). The van der Waals surface area contributed by atoms with Gasteiger partial charge in [-0.3, -0.25) is 14.3 Å². The molecule has 0 aliphatic heterocycles. The average molecular weight is 393 g/mol. The summed E-state index contributed by atoms with van der Waals surface area (Å²) in [4.78, 5) is 22.4. The van der Waals surface area contributed by atoms with Gasteiger partial charge in [0, 0.05) is 18.9 Å². The molecule has 0 unspecified atom stereocenters. The lowest BCUT2D eigenvalue weighted by molar-refractivity contribution is 0.145. The van der Waals surface area contributed by atoms with Gasteiger partial charge >= 0.3 is 0 Å². The number of fused-ring (bicyclic) bond motifs is 1. The topological polar surface area (TPSA) is 66.2 Å². The Balaban J connectivity index is 2.00. The van der Waals surface area contributed by atoms with Crippen LogP contribution in [0.15, 0.2) is 29.2 Å². The van der Waals surface area contributed by atoms with Crippen molar-refractivity contribution < 1.29 is 9.47 Å². The molecule has 0 amide bonds. The molecule has 0 spiro atoms. The number of pyridine rings is 1. The summed E-state index contributed by atoms with van der Waals surface area (Å²) >= 11 is 0. The van der Waals surface area contributed by atoms with Gasteiger partial charge in [0.25, 0.3) is 5.56 Å². The highest BCUT2D eigenvalue weighted by molar-refractivity contribution is 5.90. The predicted molar refractivity (Wildman–Crippen MR) is 114 cm³/mol. The Labute approximate surface area is 170 Å². The molecule has 1 fully saturated rings. The van der Waals surface area contributed by atoms with Crippen molar-refractivity contribution >= 4 is 11.0 Å². The minimum atomic E-state index is -0.0498. The second kappa shape index (κ2) is 7.59. The Morgan fingerprint density at radius 2 is 1.93 bits per heavy atom. The molecule has 1 aliphatic rings. The van der Waals surface area contributed by atoms with E-state index in [1.807, 2.05) is 30.5 Å². The summed E-state index contributed by atoms with van der Waals surface area (Å²) in [5.41, 5.74) is 5.87. The van der Waals surface area contributed by atoms with Crippen LogP contribution >= 0.6 is 0 Å². The fourth-order valence-electron chi connectivity index (χ4n) is 4.11. The van der Waals surface area contributed by atoms with E-state index in [4.69, 9.17) is 9.47 Å². The van der Waals surface area contributed by atoms with Gasteiger partial charge in [0.15, 0.2) is 0 Å². The van der Waals surface area contributed by atoms with Gasteiger partial charge in [-0.15, -0.1) is 0 Å². The molecule has 29 heavy (non-hydrogen) atoms. The van der Waals surface area contributed by atoms with Gasteiger partial charge in [-0.05, 0) is 68.9 Å². The molecule has 6 heteroatoms. The van der Waals surface area contributed by atoms with E-state index in [9.17, 15) is 4.79 Å². The van der Waals surface area contributed by atoms with Crippen LogP contribution in [0.5, 0.6) is 5.75 Å². The number of methoxy groups -OCH3 is 2. The van der Waals surface area contributed by atoms with Crippen molar-refractivity contribution in [1.29, 1.82) is 0 Å². The SMILES string of the molecule is COC[C@@H](C1CC1)n1c(=O)c(C)nc2c(-c3cc(C)c(OC)cc3C)nccc21. The second-order valence-electron chi connectivity index (χ2n) is 7.90. The largest absolute Gasteiger partial charge is 0.496 e. The summed E-state index contributed by atoms with van der Waals surface area (Å²) in [6.07, 6.45) is 4.01. The number of hydrogen-bond donors (Lipinski definition) is 0. The molecule has 0 bridgehead atoms. The van der Waals surface area contributed by atoms with Crippen molar-refractivity contribution in [1.82, 2.24) is 14.5 Å². The van der Waals surface area contributed by atoms with Crippen LogP contribution in [0.2, 0.25) is 0 Å². The standard InChI is InChI=1S/C23H27N3O3/c1-13-11-20(29-5)14(2)10-17(13)21-22-18(8-9-24-21)26(23(27)15(3)25-22)19(12-28-4)16-6-7-16/h8-11,16,19H,6-7,12H2,1-5H3/t19-/m0/s1. The highest BCUT2D eigenvalue weighted by atomic mass is 16.5. The smallest absolute Gasteiger partial charge is 0.272 e. The average Bonchev–Trinajstić information content (AvgIpc) is 3.54. The van der Waals surface area contributed by atoms with Crippen molar-refractivity contribution in [3.63, 3.8) is 0 Å². The molecule has 6 nitrogen and oxygen atoms in total. The molecule has 0 saturated heterocycles. The number of aryl methyl sites for hydroxylation is 3. The van der Waals surface area contributed by atoms with Crippen LogP contribution in [0.3, 0.4) is 0 Å². The molecule has 0 radical (unpaired) electrons. The third-order valence-corrected chi connectivity index (χ3v) is 5.80. The van der Waals surface area contributed by atoms with Crippen molar-refractivity contribution in [3.8, 4) is 17.0 Å². The lowest BCUT2D eigenvalue weighted by atomic mass is 10.00. The predicted octanol–water partition coefficient (Wildman–Crippen LogP) is 3.99. The lowest BCUT2D eigenvalue weighted by Gasteiger charge is -2.22. The molecule has 2 heterocycles. The molecular formula is C23H27N3O3. The molecule has 1 aliphatic carbocycles. The van der Waals surface area contributed by atoms with Crippen molar-refractivity contribution in [2.45, 2.75) is 39.7 Å². The van der Waals surface area contributed by atoms with Crippen LogP contribution in [0.25, 0.3) is 22.3 Å². The van der Waals surface area contributed by atoms with Gasteiger partial charge in [0.05, 0.1) is 31.0 Å². The Bertz CT molecular complexity index is 1130. The van der Waals surface area contributed by atoms with Crippen LogP contribution in [0.4, 0.5) is 0 Å². The van der Waals surface area contributed by atoms with Crippen LogP contribution in [-0.4, -0.2) is 35.4 Å². The Morgan fingerprint density at radius 1 is 1.17 bits per heavy atom. The number of hydrogen-bond acceptors (Lipinski definition) is 5. The minimum Gasteiger partial charge on any atom is -0.496 e. The third-order valence-electron chi connectivity index (χ3n) is 5.80. The molecule has 1 saturated carbocycles. The second-order valence-corrected chi connectivity index (χ2v) is 7.90. The number of ether oxygens (including phenoxy) is 2. The number of rotatable bonds is 6. The summed E-state index contributed by atoms with van der Waals surface area (Å²) in [7, 11) is 3.36. The van der Waals surface area contributed by atoms with Gasteiger partial charge in [0.1, 0.15) is 17.0 Å². The molecule has 152 valence electrons. The molecule has 0 N–H and O–H groups in total. The first-order chi connectivity index (χ1) is 14.0. The van der Waals surface area contributed by atoms with E-state index >= 15 is 0 Å². The normalized spacial score (nSPS) is 14.9. The fraction of sp³-hybridized carbons (Fsp3) is 0.435. The van der Waals surface area contributed by atoms with Crippen LogP contribution in [0.1, 0.15) is 35.7 Å². The fourth-order valence-corrected chi connectivity index (χ4v) is 4.11. The van der Waals surface area contributed by atoms with Crippen LogP contribution in [-0.2, 0) is 4.74 Å². The van der Waals surface area contributed by atoms with Crippen molar-refractivity contribution in [2.24, 2.45) is 5.92 Å². The lowest BCUT2D eigenvalue weighted by Crippen LogP contribution is -2.31. The Kier molecular flexibility index (Phi) is 5.13. The van der Waals surface area contributed by atoms with E-state index in [1.54, 1.807) is 27.3 Å². The molecule has 2 aromatic heterocycles. The molecule has 1 atom stereocenters. The highest BCUT2D eigenvalue weighted by Crippen LogP contribution is 2.41. The molecule has 3 aromatic rings. The van der Waals surface area contributed by atoms with Gasteiger partial charge in [0.2, 0.25) is 0 Å². The number of aromatic nitrogens is 3. The van der Waals surface area contributed by atoms with Crippen LogP contribution < -0.4 is 10.3 Å². The number of benzene rings is 1. The Hall–Kier alpha value is -2.73. The summed E-state index contributed by atoms with van der Waals surface area (Å²) in [5.74, 6) is 1.32. The zero-order valence-electron chi connectivity index (χ0n) is 17.7. The van der Waals surface area contributed by atoms with E-state index in [2.05, 4.69) is 16.0 Å².